The van der Waals surface area contributed by atoms with Crippen LogP contribution in [0.15, 0.2) is 24.3 Å². The van der Waals surface area contributed by atoms with Gasteiger partial charge in [0.25, 0.3) is 0 Å². The lowest BCUT2D eigenvalue weighted by Crippen LogP contribution is -2.31. The molecule has 2 aliphatic rings. The monoisotopic (exact) mass is 304 g/mol. The van der Waals surface area contributed by atoms with Crippen molar-refractivity contribution in [3.8, 4) is 5.75 Å². The number of pyridine rings is 1. The van der Waals surface area contributed by atoms with Crippen molar-refractivity contribution < 1.29 is 13.5 Å². The molecule has 1 aliphatic carbocycles. The summed E-state index contributed by atoms with van der Waals surface area (Å²) in [6.45, 7) is 0.197. The van der Waals surface area contributed by atoms with E-state index in [2.05, 4.69) is 20.7 Å². The van der Waals surface area contributed by atoms with Crippen LogP contribution < -0.4 is 9.64 Å². The highest BCUT2D eigenvalue weighted by molar-refractivity contribution is 5.93. The first-order chi connectivity index (χ1) is 10.6. The van der Waals surface area contributed by atoms with Gasteiger partial charge in [0, 0.05) is 29.4 Å². The second-order valence-electron chi connectivity index (χ2n) is 6.24. The van der Waals surface area contributed by atoms with Crippen LogP contribution in [0.1, 0.15) is 25.0 Å². The van der Waals surface area contributed by atoms with Crippen molar-refractivity contribution in [2.75, 3.05) is 11.4 Å². The molecule has 1 saturated heterocycles. The number of anilines is 1. The van der Waals surface area contributed by atoms with Gasteiger partial charge in [-0.15, -0.1) is 0 Å². The average molecular weight is 304 g/mol. The highest BCUT2D eigenvalue weighted by Crippen LogP contribution is 2.46. The third-order valence-corrected chi connectivity index (χ3v) is 4.68. The van der Waals surface area contributed by atoms with E-state index in [1.807, 2.05) is 6.92 Å². The van der Waals surface area contributed by atoms with Gasteiger partial charge in [0.05, 0.1) is 5.52 Å². The fraction of sp³-hybridized carbons (Fsp3) is 0.471. The van der Waals surface area contributed by atoms with Gasteiger partial charge in [0.1, 0.15) is 5.75 Å². The van der Waals surface area contributed by atoms with Crippen molar-refractivity contribution in [2.24, 2.45) is 5.92 Å². The van der Waals surface area contributed by atoms with E-state index in [1.54, 1.807) is 18.2 Å². The Kier molecular flexibility index (Phi) is 3.17. The number of fused-ring (bicyclic) bond motifs is 2. The SMILES string of the molecule is Cc1cc(N2CCCC3CC32)c2cc(OC(F)F)ccc2n1. The van der Waals surface area contributed by atoms with Crippen LogP contribution in [-0.4, -0.2) is 24.2 Å². The number of hydrogen-bond donors (Lipinski definition) is 0. The highest BCUT2D eigenvalue weighted by atomic mass is 19.3. The fourth-order valence-corrected chi connectivity index (χ4v) is 3.64. The molecule has 4 rings (SSSR count). The van der Waals surface area contributed by atoms with Crippen LogP contribution in [0.25, 0.3) is 10.9 Å². The van der Waals surface area contributed by atoms with Gasteiger partial charge in [-0.1, -0.05) is 0 Å². The number of ether oxygens (including phenoxy) is 1. The lowest BCUT2D eigenvalue weighted by Gasteiger charge is -2.30. The van der Waals surface area contributed by atoms with E-state index in [0.29, 0.717) is 6.04 Å². The van der Waals surface area contributed by atoms with Crippen LogP contribution in [-0.2, 0) is 0 Å². The Morgan fingerprint density at radius 2 is 2.18 bits per heavy atom. The third kappa shape index (κ3) is 2.38. The normalized spacial score (nSPS) is 23.7. The Labute approximate surface area is 127 Å². The van der Waals surface area contributed by atoms with Gasteiger partial charge >= 0.3 is 6.61 Å². The van der Waals surface area contributed by atoms with Crippen molar-refractivity contribution in [1.29, 1.82) is 0 Å². The van der Waals surface area contributed by atoms with Crippen LogP contribution in [0, 0.1) is 12.8 Å². The number of hydrogen-bond acceptors (Lipinski definition) is 3. The summed E-state index contributed by atoms with van der Waals surface area (Å²) in [5.41, 5.74) is 2.89. The number of rotatable bonds is 3. The van der Waals surface area contributed by atoms with E-state index in [-0.39, 0.29) is 5.75 Å². The molecule has 1 aromatic heterocycles. The molecule has 1 aliphatic heterocycles. The van der Waals surface area contributed by atoms with Gasteiger partial charge in [-0.3, -0.25) is 4.98 Å². The number of aryl methyl sites for hydroxylation is 1. The topological polar surface area (TPSA) is 25.4 Å². The standard InChI is InChI=1S/C17H18F2N2O/c1-10-7-16(21-6-2-3-11-8-15(11)21)13-9-12(22-17(18)19)4-5-14(13)20-10/h4-5,7,9,11,15,17H,2-3,6,8H2,1H3. The molecule has 0 N–H and O–H groups in total. The molecule has 2 aromatic rings. The predicted molar refractivity (Wildman–Crippen MR) is 81.6 cm³/mol. The van der Waals surface area contributed by atoms with E-state index < -0.39 is 6.61 Å². The van der Waals surface area contributed by atoms with Gasteiger partial charge in [0.15, 0.2) is 0 Å². The van der Waals surface area contributed by atoms with E-state index in [4.69, 9.17) is 0 Å². The number of nitrogens with zero attached hydrogens (tertiary/aromatic N) is 2. The first kappa shape index (κ1) is 13.7. The molecule has 1 aromatic carbocycles. The molecule has 0 amide bonds. The van der Waals surface area contributed by atoms with Gasteiger partial charge in [-0.2, -0.15) is 8.78 Å². The number of aromatic nitrogens is 1. The smallest absolute Gasteiger partial charge is 0.387 e. The first-order valence-electron chi connectivity index (χ1n) is 7.74. The second kappa shape index (κ2) is 5.07. The lowest BCUT2D eigenvalue weighted by atomic mass is 10.1. The number of halogens is 2. The molecule has 2 heterocycles. The zero-order chi connectivity index (χ0) is 15.3. The lowest BCUT2D eigenvalue weighted by molar-refractivity contribution is -0.0497. The Morgan fingerprint density at radius 3 is 3.00 bits per heavy atom. The summed E-state index contributed by atoms with van der Waals surface area (Å²) in [5, 5.41) is 0.899. The molecular formula is C17H18F2N2O. The molecule has 5 heteroatoms. The molecule has 0 spiro atoms. The molecule has 0 bridgehead atoms. The molecule has 0 radical (unpaired) electrons. The second-order valence-corrected chi connectivity index (χ2v) is 6.24. The molecule has 2 unspecified atom stereocenters. The third-order valence-electron chi connectivity index (χ3n) is 4.68. The minimum Gasteiger partial charge on any atom is -0.435 e. The summed E-state index contributed by atoms with van der Waals surface area (Å²) in [6, 6.07) is 7.68. The highest BCUT2D eigenvalue weighted by Gasteiger charge is 2.44. The molecule has 22 heavy (non-hydrogen) atoms. The summed E-state index contributed by atoms with van der Waals surface area (Å²) in [6.07, 6.45) is 3.75. The predicted octanol–water partition coefficient (Wildman–Crippen LogP) is 4.13. The molecule has 116 valence electrons. The van der Waals surface area contributed by atoms with Crippen LogP contribution in [0.5, 0.6) is 5.75 Å². The summed E-state index contributed by atoms with van der Waals surface area (Å²) in [4.78, 5) is 6.95. The summed E-state index contributed by atoms with van der Waals surface area (Å²) < 4.78 is 29.5. The number of benzene rings is 1. The fourth-order valence-electron chi connectivity index (χ4n) is 3.64. The minimum atomic E-state index is -2.80. The van der Waals surface area contributed by atoms with Crippen molar-refractivity contribution in [3.63, 3.8) is 0 Å². The largest absolute Gasteiger partial charge is 0.435 e. The maximum atomic E-state index is 12.5. The minimum absolute atomic E-state index is 0.193. The quantitative estimate of drug-likeness (QED) is 0.852. The number of alkyl halides is 2. The summed E-state index contributed by atoms with van der Waals surface area (Å²) in [7, 11) is 0. The van der Waals surface area contributed by atoms with E-state index >= 15 is 0 Å². The van der Waals surface area contributed by atoms with Crippen molar-refractivity contribution in [3.05, 3.63) is 30.0 Å². The van der Waals surface area contributed by atoms with Crippen molar-refractivity contribution in [2.45, 2.75) is 38.8 Å². The van der Waals surface area contributed by atoms with Gasteiger partial charge in [-0.05, 0) is 56.4 Å². The maximum absolute atomic E-state index is 12.5. The number of piperidine rings is 1. The van der Waals surface area contributed by atoms with Gasteiger partial charge < -0.3 is 9.64 Å². The van der Waals surface area contributed by atoms with Crippen LogP contribution >= 0.6 is 0 Å². The molecule has 3 nitrogen and oxygen atoms in total. The first-order valence-corrected chi connectivity index (χ1v) is 7.74. The van der Waals surface area contributed by atoms with Crippen LogP contribution in [0.3, 0.4) is 0 Å². The summed E-state index contributed by atoms with van der Waals surface area (Å²) in [5.74, 6) is 0.997. The Balaban J connectivity index is 1.80. The Hall–Kier alpha value is -1.91. The zero-order valence-electron chi connectivity index (χ0n) is 12.4. The van der Waals surface area contributed by atoms with E-state index in [9.17, 15) is 8.78 Å². The van der Waals surface area contributed by atoms with Crippen molar-refractivity contribution in [1.82, 2.24) is 4.98 Å². The zero-order valence-corrected chi connectivity index (χ0v) is 12.4. The molecule has 2 fully saturated rings. The van der Waals surface area contributed by atoms with Gasteiger partial charge in [0.2, 0.25) is 0 Å². The van der Waals surface area contributed by atoms with Gasteiger partial charge in [-0.25, -0.2) is 0 Å². The molecular weight excluding hydrogens is 286 g/mol. The molecule has 1 saturated carbocycles. The van der Waals surface area contributed by atoms with Crippen LogP contribution in [0.2, 0.25) is 0 Å². The molecule has 2 atom stereocenters. The average Bonchev–Trinajstić information content (AvgIpc) is 3.25. The summed E-state index contributed by atoms with van der Waals surface area (Å²) >= 11 is 0. The Bertz CT molecular complexity index is 719. The Morgan fingerprint density at radius 1 is 1.32 bits per heavy atom. The maximum Gasteiger partial charge on any atom is 0.387 e. The van der Waals surface area contributed by atoms with Crippen molar-refractivity contribution >= 4 is 16.6 Å². The van der Waals surface area contributed by atoms with Crippen LogP contribution in [0.4, 0.5) is 14.5 Å². The van der Waals surface area contributed by atoms with E-state index in [0.717, 1.165) is 34.7 Å². The van der Waals surface area contributed by atoms with E-state index in [1.165, 1.54) is 19.3 Å².